The molecule has 102 valence electrons. The van der Waals surface area contributed by atoms with Crippen LogP contribution in [0.25, 0.3) is 0 Å². The lowest BCUT2D eigenvalue weighted by molar-refractivity contribution is -0.162. The van der Waals surface area contributed by atoms with Gasteiger partial charge in [0.2, 0.25) is 11.8 Å². The highest BCUT2D eigenvalue weighted by Gasteiger charge is 2.53. The molecule has 0 aromatic carbocycles. The van der Waals surface area contributed by atoms with Gasteiger partial charge in [0.1, 0.15) is 6.04 Å². The van der Waals surface area contributed by atoms with E-state index >= 15 is 0 Å². The molecule has 0 aromatic heterocycles. The number of amides is 2. The topological polar surface area (TPSA) is 49.4 Å². The average Bonchev–Trinajstić information content (AvgIpc) is 2.66. The SMILES string of the molecule is CCC(C(=O)NC(C)(C)C)N1C(=O)[C@@H]2CCC[C@@H]21. The van der Waals surface area contributed by atoms with E-state index < -0.39 is 0 Å². The van der Waals surface area contributed by atoms with Crippen LogP contribution < -0.4 is 5.32 Å². The first kappa shape index (κ1) is 13.4. The monoisotopic (exact) mass is 252 g/mol. The Labute approximate surface area is 109 Å². The molecular formula is C14H24N2O2. The van der Waals surface area contributed by atoms with Crippen molar-refractivity contribution in [2.45, 2.75) is 71.0 Å². The summed E-state index contributed by atoms with van der Waals surface area (Å²) < 4.78 is 0. The van der Waals surface area contributed by atoms with Crippen molar-refractivity contribution in [1.29, 1.82) is 0 Å². The Morgan fingerprint density at radius 3 is 2.67 bits per heavy atom. The summed E-state index contributed by atoms with van der Waals surface area (Å²) in [7, 11) is 0. The molecular weight excluding hydrogens is 228 g/mol. The second-order valence-corrected chi connectivity index (χ2v) is 6.51. The van der Waals surface area contributed by atoms with Crippen LogP contribution >= 0.6 is 0 Å². The summed E-state index contributed by atoms with van der Waals surface area (Å²) in [5.74, 6) is 0.388. The zero-order chi connectivity index (χ0) is 13.5. The van der Waals surface area contributed by atoms with Gasteiger partial charge in [0.25, 0.3) is 0 Å². The standard InChI is InChI=1S/C14H24N2O2/c1-5-10(12(17)15-14(2,3)4)16-11-8-6-7-9(11)13(16)18/h9-11H,5-8H2,1-4H3,(H,15,17)/t9-,10?,11+/m1/s1. The molecule has 4 nitrogen and oxygen atoms in total. The lowest BCUT2D eigenvalue weighted by atomic mass is 9.87. The van der Waals surface area contributed by atoms with E-state index in [9.17, 15) is 9.59 Å². The lowest BCUT2D eigenvalue weighted by Crippen LogP contribution is -2.66. The van der Waals surface area contributed by atoms with Gasteiger partial charge in [-0.1, -0.05) is 13.3 Å². The molecule has 2 fully saturated rings. The Bertz CT molecular complexity index is 359. The number of nitrogens with one attached hydrogen (secondary N) is 1. The summed E-state index contributed by atoms with van der Waals surface area (Å²) in [4.78, 5) is 26.1. The third-order valence-electron chi connectivity index (χ3n) is 3.93. The second kappa shape index (κ2) is 4.56. The predicted octanol–water partition coefficient (Wildman–Crippen LogP) is 1.69. The Hall–Kier alpha value is -1.06. The van der Waals surface area contributed by atoms with E-state index in [0.29, 0.717) is 12.5 Å². The highest BCUT2D eigenvalue weighted by Crippen LogP contribution is 2.41. The van der Waals surface area contributed by atoms with Crippen LogP contribution in [0.5, 0.6) is 0 Å². The van der Waals surface area contributed by atoms with Gasteiger partial charge in [0.15, 0.2) is 0 Å². The fourth-order valence-corrected chi connectivity index (χ4v) is 3.18. The maximum atomic E-state index is 12.3. The van der Waals surface area contributed by atoms with Crippen molar-refractivity contribution in [2.24, 2.45) is 5.92 Å². The zero-order valence-electron chi connectivity index (χ0n) is 11.8. The molecule has 2 aliphatic rings. The van der Waals surface area contributed by atoms with Gasteiger partial charge in [-0.15, -0.1) is 0 Å². The van der Waals surface area contributed by atoms with Gasteiger partial charge in [-0.05, 0) is 40.0 Å². The number of β-lactam (4-membered cyclic amide) rings is 1. The zero-order valence-corrected chi connectivity index (χ0v) is 11.8. The predicted molar refractivity (Wildman–Crippen MR) is 69.9 cm³/mol. The van der Waals surface area contributed by atoms with Crippen molar-refractivity contribution in [3.63, 3.8) is 0 Å². The molecule has 1 aliphatic carbocycles. The van der Waals surface area contributed by atoms with E-state index in [0.717, 1.165) is 19.3 Å². The maximum Gasteiger partial charge on any atom is 0.243 e. The first-order valence-corrected chi connectivity index (χ1v) is 6.99. The van der Waals surface area contributed by atoms with Gasteiger partial charge in [-0.25, -0.2) is 0 Å². The number of hydrogen-bond acceptors (Lipinski definition) is 2. The molecule has 0 spiro atoms. The van der Waals surface area contributed by atoms with E-state index in [-0.39, 0.29) is 29.3 Å². The highest BCUT2D eigenvalue weighted by atomic mass is 16.2. The first-order valence-electron chi connectivity index (χ1n) is 6.99. The van der Waals surface area contributed by atoms with E-state index in [2.05, 4.69) is 5.32 Å². The molecule has 1 N–H and O–H groups in total. The minimum Gasteiger partial charge on any atom is -0.350 e. The van der Waals surface area contributed by atoms with Crippen LogP contribution in [0.2, 0.25) is 0 Å². The Morgan fingerprint density at radius 1 is 1.44 bits per heavy atom. The van der Waals surface area contributed by atoms with Crippen molar-refractivity contribution in [3.05, 3.63) is 0 Å². The molecule has 1 saturated carbocycles. The number of fused-ring (bicyclic) bond motifs is 1. The number of rotatable bonds is 3. The minimum absolute atomic E-state index is 0.0105. The van der Waals surface area contributed by atoms with Crippen molar-refractivity contribution < 1.29 is 9.59 Å². The fraction of sp³-hybridized carbons (Fsp3) is 0.857. The number of carbonyl (C=O) groups excluding carboxylic acids is 2. The Balaban J connectivity index is 2.05. The van der Waals surface area contributed by atoms with Crippen LogP contribution in [0.1, 0.15) is 53.4 Å². The van der Waals surface area contributed by atoms with Gasteiger partial charge in [0.05, 0.1) is 5.92 Å². The normalized spacial score (nSPS) is 28.7. The molecule has 3 atom stereocenters. The molecule has 0 bridgehead atoms. The number of likely N-dealkylation sites (tertiary alicyclic amines) is 1. The molecule has 2 amide bonds. The first-order chi connectivity index (χ1) is 8.35. The summed E-state index contributed by atoms with van der Waals surface area (Å²) in [5, 5.41) is 2.99. The molecule has 0 aromatic rings. The van der Waals surface area contributed by atoms with Crippen LogP contribution in [0.3, 0.4) is 0 Å². The van der Waals surface area contributed by atoms with E-state index in [1.54, 1.807) is 0 Å². The van der Waals surface area contributed by atoms with Crippen LogP contribution in [-0.4, -0.2) is 34.3 Å². The molecule has 4 heteroatoms. The minimum atomic E-state index is -0.281. The Morgan fingerprint density at radius 2 is 2.11 bits per heavy atom. The van der Waals surface area contributed by atoms with Crippen LogP contribution in [-0.2, 0) is 9.59 Å². The molecule has 0 radical (unpaired) electrons. The van der Waals surface area contributed by atoms with Gasteiger partial charge in [-0.2, -0.15) is 0 Å². The summed E-state index contributed by atoms with van der Waals surface area (Å²) in [5.41, 5.74) is -0.243. The third kappa shape index (κ3) is 2.25. The number of nitrogens with zero attached hydrogens (tertiary/aromatic N) is 1. The molecule has 1 heterocycles. The van der Waals surface area contributed by atoms with Gasteiger partial charge in [0, 0.05) is 11.6 Å². The third-order valence-corrected chi connectivity index (χ3v) is 3.93. The van der Waals surface area contributed by atoms with E-state index in [4.69, 9.17) is 0 Å². The van der Waals surface area contributed by atoms with Crippen molar-refractivity contribution >= 4 is 11.8 Å². The van der Waals surface area contributed by atoms with Crippen molar-refractivity contribution in [3.8, 4) is 0 Å². The summed E-state index contributed by atoms with van der Waals surface area (Å²) >= 11 is 0. The summed E-state index contributed by atoms with van der Waals surface area (Å²) in [6, 6.07) is 0.0456. The smallest absolute Gasteiger partial charge is 0.243 e. The van der Waals surface area contributed by atoms with Crippen LogP contribution in [0, 0.1) is 5.92 Å². The van der Waals surface area contributed by atoms with E-state index in [1.165, 1.54) is 0 Å². The highest BCUT2D eigenvalue weighted by molar-refractivity contribution is 5.93. The number of hydrogen-bond donors (Lipinski definition) is 1. The molecule has 18 heavy (non-hydrogen) atoms. The van der Waals surface area contributed by atoms with Crippen molar-refractivity contribution in [2.75, 3.05) is 0 Å². The van der Waals surface area contributed by atoms with Gasteiger partial charge in [-0.3, -0.25) is 9.59 Å². The van der Waals surface area contributed by atoms with Crippen LogP contribution in [0.4, 0.5) is 0 Å². The molecule has 1 saturated heterocycles. The number of carbonyl (C=O) groups is 2. The lowest BCUT2D eigenvalue weighted by Gasteiger charge is -2.48. The Kier molecular flexibility index (Phi) is 3.39. The van der Waals surface area contributed by atoms with Crippen molar-refractivity contribution in [1.82, 2.24) is 10.2 Å². The average molecular weight is 252 g/mol. The quantitative estimate of drug-likeness (QED) is 0.777. The maximum absolute atomic E-state index is 12.3. The summed E-state index contributed by atoms with van der Waals surface area (Å²) in [6.45, 7) is 7.87. The fourth-order valence-electron chi connectivity index (χ4n) is 3.18. The van der Waals surface area contributed by atoms with E-state index in [1.807, 2.05) is 32.6 Å². The second-order valence-electron chi connectivity index (χ2n) is 6.51. The molecule has 2 rings (SSSR count). The largest absolute Gasteiger partial charge is 0.350 e. The molecule has 1 unspecified atom stereocenters. The molecule has 1 aliphatic heterocycles. The summed E-state index contributed by atoms with van der Waals surface area (Å²) in [6.07, 6.45) is 3.89. The van der Waals surface area contributed by atoms with Gasteiger partial charge >= 0.3 is 0 Å². The van der Waals surface area contributed by atoms with Gasteiger partial charge < -0.3 is 10.2 Å². The van der Waals surface area contributed by atoms with Crippen LogP contribution in [0.15, 0.2) is 0 Å².